The van der Waals surface area contributed by atoms with Crippen molar-refractivity contribution in [3.63, 3.8) is 0 Å². The molecule has 6 heteroatoms. The van der Waals surface area contributed by atoms with Gasteiger partial charge < -0.3 is 10.2 Å². The second-order valence-corrected chi connectivity index (χ2v) is 6.10. The summed E-state index contributed by atoms with van der Waals surface area (Å²) in [6, 6.07) is 5.29. The highest BCUT2D eigenvalue weighted by Gasteiger charge is 2.48. The van der Waals surface area contributed by atoms with Crippen LogP contribution in [0.5, 0.6) is 0 Å². The fraction of sp³-hybridized carbons (Fsp3) is 0.375. The lowest BCUT2D eigenvalue weighted by atomic mass is 10.0. The molecular weight excluding hydrogens is 323 g/mol. The summed E-state index contributed by atoms with van der Waals surface area (Å²) in [5, 5.41) is 4.06. The van der Waals surface area contributed by atoms with Crippen LogP contribution in [0.2, 0.25) is 10.0 Å². The Morgan fingerprint density at radius 2 is 1.95 bits per heavy atom. The van der Waals surface area contributed by atoms with Crippen LogP contribution in [0.15, 0.2) is 30.9 Å². The van der Waals surface area contributed by atoms with Crippen LogP contribution >= 0.6 is 23.2 Å². The predicted molar refractivity (Wildman–Crippen MR) is 88.0 cm³/mol. The van der Waals surface area contributed by atoms with E-state index in [1.54, 1.807) is 18.2 Å². The highest BCUT2D eigenvalue weighted by molar-refractivity contribution is 6.36. The topological polar surface area (TPSA) is 49.4 Å². The van der Waals surface area contributed by atoms with Crippen LogP contribution in [0.4, 0.5) is 0 Å². The molecule has 0 atom stereocenters. The molecule has 1 aromatic rings. The summed E-state index contributed by atoms with van der Waals surface area (Å²) in [4.78, 5) is 25.3. The third-order valence-electron chi connectivity index (χ3n) is 3.77. The maximum atomic E-state index is 12.3. The average molecular weight is 341 g/mol. The second-order valence-electron chi connectivity index (χ2n) is 5.28. The summed E-state index contributed by atoms with van der Waals surface area (Å²) in [6.07, 6.45) is 2.77. The van der Waals surface area contributed by atoms with Gasteiger partial charge >= 0.3 is 0 Å². The van der Waals surface area contributed by atoms with Gasteiger partial charge in [0.1, 0.15) is 0 Å². The van der Waals surface area contributed by atoms with Gasteiger partial charge in [0, 0.05) is 22.2 Å². The molecule has 0 radical (unpaired) electrons. The summed E-state index contributed by atoms with van der Waals surface area (Å²) in [6.45, 7) is 5.68. The Hall–Kier alpha value is -1.52. The van der Waals surface area contributed by atoms with Crippen LogP contribution in [0, 0.1) is 0 Å². The van der Waals surface area contributed by atoms with E-state index in [1.807, 2.05) is 6.92 Å². The number of rotatable bonds is 6. The van der Waals surface area contributed by atoms with Gasteiger partial charge in [-0.05, 0) is 38.0 Å². The fourth-order valence-corrected chi connectivity index (χ4v) is 3.23. The Morgan fingerprint density at radius 3 is 2.41 bits per heavy atom. The molecule has 1 aliphatic rings. The first-order chi connectivity index (χ1) is 10.4. The van der Waals surface area contributed by atoms with Gasteiger partial charge in [0.25, 0.3) is 0 Å². The van der Waals surface area contributed by atoms with Gasteiger partial charge in [0.05, 0.1) is 12.1 Å². The molecule has 1 N–H and O–H groups in total. The van der Waals surface area contributed by atoms with Gasteiger partial charge in [-0.1, -0.05) is 35.8 Å². The van der Waals surface area contributed by atoms with E-state index in [1.165, 1.54) is 11.0 Å². The molecule has 0 bridgehead atoms. The van der Waals surface area contributed by atoms with Gasteiger partial charge in [-0.3, -0.25) is 9.59 Å². The molecule has 0 aromatic heterocycles. The van der Waals surface area contributed by atoms with E-state index in [0.717, 1.165) is 18.4 Å². The van der Waals surface area contributed by atoms with Gasteiger partial charge in [-0.15, -0.1) is 0 Å². The molecule has 1 aliphatic carbocycles. The Morgan fingerprint density at radius 1 is 1.36 bits per heavy atom. The normalized spacial score (nSPS) is 15.0. The zero-order valence-electron chi connectivity index (χ0n) is 12.4. The lowest BCUT2D eigenvalue weighted by Gasteiger charge is -2.23. The average Bonchev–Trinajstić information content (AvgIpc) is 3.23. The maximum Gasteiger partial charge on any atom is 0.246 e. The van der Waals surface area contributed by atoms with Gasteiger partial charge in [0.15, 0.2) is 0 Å². The third-order valence-corrected chi connectivity index (χ3v) is 4.40. The van der Waals surface area contributed by atoms with E-state index in [9.17, 15) is 9.59 Å². The predicted octanol–water partition coefficient (Wildman–Crippen LogP) is 3.13. The van der Waals surface area contributed by atoms with Crippen molar-refractivity contribution in [2.75, 3.05) is 13.1 Å². The zero-order chi connectivity index (χ0) is 16.3. The number of carbonyl (C=O) groups excluding carboxylic acids is 2. The molecule has 1 saturated carbocycles. The zero-order valence-corrected chi connectivity index (χ0v) is 13.9. The minimum Gasteiger partial charge on any atom is -0.345 e. The second kappa shape index (κ2) is 6.71. The number of halogens is 2. The van der Waals surface area contributed by atoms with E-state index in [4.69, 9.17) is 23.2 Å². The number of carbonyl (C=O) groups is 2. The molecule has 1 fully saturated rings. The molecule has 0 aliphatic heterocycles. The van der Waals surface area contributed by atoms with Crippen molar-refractivity contribution in [2.45, 2.75) is 25.3 Å². The van der Waals surface area contributed by atoms with Crippen LogP contribution in [0.25, 0.3) is 0 Å². The monoisotopic (exact) mass is 340 g/mol. The lowest BCUT2D eigenvalue weighted by molar-refractivity contribution is -0.132. The lowest BCUT2D eigenvalue weighted by Crippen LogP contribution is -2.44. The standard InChI is InChI=1S/C16H18Cl2N2O2/c1-3-14(22)20(4-2)10-13(21)19-16(8-9-16)15-11(17)6-5-7-12(15)18/h3,5-7H,1,4,8-10H2,2H3,(H,19,21). The first-order valence-corrected chi connectivity index (χ1v) is 7.86. The van der Waals surface area contributed by atoms with E-state index < -0.39 is 5.54 Å². The fourth-order valence-electron chi connectivity index (χ4n) is 2.47. The van der Waals surface area contributed by atoms with Crippen molar-refractivity contribution in [3.8, 4) is 0 Å². The highest BCUT2D eigenvalue weighted by Crippen LogP contribution is 2.50. The molecule has 0 spiro atoms. The number of hydrogen-bond acceptors (Lipinski definition) is 2. The number of benzene rings is 1. The highest BCUT2D eigenvalue weighted by atomic mass is 35.5. The molecule has 0 heterocycles. The Balaban J connectivity index is 2.11. The summed E-state index contributed by atoms with van der Waals surface area (Å²) in [5.41, 5.74) is 0.244. The Kier molecular flexibility index (Phi) is 5.14. The number of hydrogen-bond donors (Lipinski definition) is 1. The van der Waals surface area contributed by atoms with Crippen LogP contribution < -0.4 is 5.32 Å². The number of nitrogens with one attached hydrogen (secondary N) is 1. The largest absolute Gasteiger partial charge is 0.345 e. The van der Waals surface area contributed by atoms with Gasteiger partial charge in [0.2, 0.25) is 11.8 Å². The molecule has 0 saturated heterocycles. The first-order valence-electron chi connectivity index (χ1n) is 7.10. The smallest absolute Gasteiger partial charge is 0.246 e. The van der Waals surface area contributed by atoms with Crippen molar-refractivity contribution in [3.05, 3.63) is 46.5 Å². The van der Waals surface area contributed by atoms with Crippen LogP contribution in [-0.2, 0) is 15.1 Å². The Labute approximate surface area is 140 Å². The summed E-state index contributed by atoms with van der Waals surface area (Å²) >= 11 is 12.5. The van der Waals surface area contributed by atoms with Gasteiger partial charge in [-0.25, -0.2) is 0 Å². The molecule has 22 heavy (non-hydrogen) atoms. The maximum absolute atomic E-state index is 12.3. The molecule has 118 valence electrons. The van der Waals surface area contributed by atoms with Crippen LogP contribution in [-0.4, -0.2) is 29.8 Å². The Bertz CT molecular complexity index is 592. The first kappa shape index (κ1) is 16.8. The molecule has 2 rings (SSSR count). The number of nitrogens with zero attached hydrogens (tertiary/aromatic N) is 1. The van der Waals surface area contributed by atoms with Crippen LogP contribution in [0.3, 0.4) is 0 Å². The molecule has 0 unspecified atom stereocenters. The quantitative estimate of drug-likeness (QED) is 0.808. The number of likely N-dealkylation sites (N-methyl/N-ethyl adjacent to an activating group) is 1. The minimum atomic E-state index is -0.511. The van der Waals surface area contributed by atoms with Crippen molar-refractivity contribution in [1.29, 1.82) is 0 Å². The molecule has 4 nitrogen and oxygen atoms in total. The molecule has 1 aromatic carbocycles. The van der Waals surface area contributed by atoms with Crippen molar-refractivity contribution in [1.82, 2.24) is 10.2 Å². The van der Waals surface area contributed by atoms with Crippen LogP contribution in [0.1, 0.15) is 25.3 Å². The molecular formula is C16H18Cl2N2O2. The van der Waals surface area contributed by atoms with E-state index in [0.29, 0.717) is 16.6 Å². The summed E-state index contributed by atoms with van der Waals surface area (Å²) in [5.74, 6) is -0.496. The van der Waals surface area contributed by atoms with Crippen molar-refractivity contribution >= 4 is 35.0 Å². The van der Waals surface area contributed by atoms with E-state index in [2.05, 4.69) is 11.9 Å². The molecule has 2 amide bonds. The summed E-state index contributed by atoms with van der Waals surface area (Å²) < 4.78 is 0. The van der Waals surface area contributed by atoms with E-state index >= 15 is 0 Å². The SMILES string of the molecule is C=CC(=O)N(CC)CC(=O)NC1(c2c(Cl)cccc2Cl)CC1. The third kappa shape index (κ3) is 3.45. The summed E-state index contributed by atoms with van der Waals surface area (Å²) in [7, 11) is 0. The number of amides is 2. The minimum absolute atomic E-state index is 0.00875. The van der Waals surface area contributed by atoms with E-state index in [-0.39, 0.29) is 18.4 Å². The van der Waals surface area contributed by atoms with Crippen molar-refractivity contribution in [2.24, 2.45) is 0 Å². The van der Waals surface area contributed by atoms with Crippen molar-refractivity contribution < 1.29 is 9.59 Å². The van der Waals surface area contributed by atoms with Gasteiger partial charge in [-0.2, -0.15) is 0 Å².